The summed E-state index contributed by atoms with van der Waals surface area (Å²) in [5, 5.41) is 20.5. The van der Waals surface area contributed by atoms with Crippen LogP contribution in [0.1, 0.15) is 31.2 Å². The predicted octanol–water partition coefficient (Wildman–Crippen LogP) is 1.58. The number of nitrogens with two attached hydrogens (primary N) is 1. The quantitative estimate of drug-likeness (QED) is 0.254. The van der Waals surface area contributed by atoms with Gasteiger partial charge in [-0.05, 0) is 68.8 Å². The molecule has 3 aromatic rings. The number of nitrogens with one attached hydrogen (secondary N) is 3. The van der Waals surface area contributed by atoms with Crippen molar-refractivity contribution in [1.82, 2.24) is 20.5 Å². The molecule has 2 aliphatic rings. The number of fused-ring (bicyclic) bond motifs is 1. The Morgan fingerprint density at radius 1 is 1.10 bits per heavy atom. The first-order valence-electron chi connectivity index (χ1n) is 14.3. The van der Waals surface area contributed by atoms with Crippen molar-refractivity contribution >= 4 is 34.3 Å². The Balaban J connectivity index is 1.26. The number of aromatic nitrogens is 1. The summed E-state index contributed by atoms with van der Waals surface area (Å²) in [7, 11) is 0. The van der Waals surface area contributed by atoms with Crippen molar-refractivity contribution in [2.75, 3.05) is 25.0 Å². The summed E-state index contributed by atoms with van der Waals surface area (Å²) < 4.78 is 0. The highest BCUT2D eigenvalue weighted by Gasteiger charge is 2.44. The summed E-state index contributed by atoms with van der Waals surface area (Å²) in [6.45, 7) is 1.45. The lowest BCUT2D eigenvalue weighted by Gasteiger charge is -2.26. The first-order valence-corrected chi connectivity index (χ1v) is 14.3. The number of pyridine rings is 1. The van der Waals surface area contributed by atoms with E-state index in [1.54, 1.807) is 11.1 Å². The fraction of sp³-hybridized carbons (Fsp3) is 0.419. The highest BCUT2D eigenvalue weighted by atomic mass is 16.3. The smallest absolute Gasteiger partial charge is 0.249 e. The van der Waals surface area contributed by atoms with Crippen LogP contribution in [0.4, 0.5) is 5.69 Å². The monoisotopic (exact) mass is 558 g/mol. The van der Waals surface area contributed by atoms with Gasteiger partial charge < -0.3 is 31.7 Å². The zero-order chi connectivity index (χ0) is 28.8. The largest absolute Gasteiger partial charge is 0.383 e. The van der Waals surface area contributed by atoms with Crippen molar-refractivity contribution < 1.29 is 19.5 Å². The van der Waals surface area contributed by atoms with Crippen LogP contribution in [0.25, 0.3) is 10.9 Å². The number of likely N-dealkylation sites (tertiary alicyclic amines) is 1. The molecule has 6 N–H and O–H groups in total. The number of nitrogens with zero attached hydrogens (tertiary/aromatic N) is 2. The van der Waals surface area contributed by atoms with Gasteiger partial charge in [0.15, 0.2) is 0 Å². The van der Waals surface area contributed by atoms with E-state index in [4.69, 9.17) is 5.73 Å². The molecule has 3 amide bonds. The molecule has 5 atom stereocenters. The third-order valence-electron chi connectivity index (χ3n) is 8.04. The first kappa shape index (κ1) is 28.7. The number of anilines is 1. The zero-order valence-electron chi connectivity index (χ0n) is 23.0. The number of aliphatic hydroxyl groups excluding tert-OH is 1. The van der Waals surface area contributed by atoms with Gasteiger partial charge in [0.1, 0.15) is 12.1 Å². The maximum Gasteiger partial charge on any atom is 0.249 e. The minimum Gasteiger partial charge on any atom is -0.383 e. The number of hydrogen-bond donors (Lipinski definition) is 5. The molecule has 3 heterocycles. The van der Waals surface area contributed by atoms with Crippen LogP contribution in [0, 0.1) is 5.92 Å². The van der Waals surface area contributed by atoms with E-state index in [1.165, 1.54) is 0 Å². The lowest BCUT2D eigenvalue weighted by Crippen LogP contribution is -2.50. The molecule has 0 bridgehead atoms. The number of aryl methyl sites for hydroxylation is 1. The minimum atomic E-state index is -1.19. The summed E-state index contributed by atoms with van der Waals surface area (Å²) in [4.78, 5) is 46.0. The van der Waals surface area contributed by atoms with Crippen LogP contribution in [0.5, 0.6) is 0 Å². The average molecular weight is 559 g/mol. The van der Waals surface area contributed by atoms with Gasteiger partial charge in [0, 0.05) is 18.0 Å². The Kier molecular flexibility index (Phi) is 9.23. The lowest BCUT2D eigenvalue weighted by atomic mass is 10.0. The number of para-hydroxylation sites is 1. The van der Waals surface area contributed by atoms with Crippen LogP contribution in [0.2, 0.25) is 0 Å². The molecular formula is C31H38N6O4. The molecule has 0 aliphatic carbocycles. The molecule has 10 nitrogen and oxygen atoms in total. The predicted molar refractivity (Wildman–Crippen MR) is 157 cm³/mol. The van der Waals surface area contributed by atoms with E-state index in [9.17, 15) is 19.5 Å². The van der Waals surface area contributed by atoms with E-state index >= 15 is 0 Å². The zero-order valence-corrected chi connectivity index (χ0v) is 23.0. The molecule has 0 saturated carbocycles. The molecule has 41 heavy (non-hydrogen) atoms. The number of benzene rings is 2. The molecule has 0 radical (unpaired) electrons. The summed E-state index contributed by atoms with van der Waals surface area (Å²) in [5.74, 6) is -0.695. The summed E-state index contributed by atoms with van der Waals surface area (Å²) in [6, 6.07) is 17.5. The van der Waals surface area contributed by atoms with Gasteiger partial charge >= 0.3 is 0 Å². The second-order valence-electron chi connectivity index (χ2n) is 11.0. The second kappa shape index (κ2) is 13.2. The molecule has 2 fully saturated rings. The number of hydrogen-bond acceptors (Lipinski definition) is 7. The number of aliphatic hydroxyl groups is 1. The summed E-state index contributed by atoms with van der Waals surface area (Å²) >= 11 is 0. The van der Waals surface area contributed by atoms with Gasteiger partial charge in [-0.15, -0.1) is 0 Å². The molecule has 2 aromatic carbocycles. The van der Waals surface area contributed by atoms with Crippen molar-refractivity contribution in [3.8, 4) is 0 Å². The van der Waals surface area contributed by atoms with Crippen LogP contribution in [-0.4, -0.2) is 76.6 Å². The van der Waals surface area contributed by atoms with Gasteiger partial charge in [-0.2, -0.15) is 0 Å². The number of carbonyl (C=O) groups excluding carboxylic acids is 3. The van der Waals surface area contributed by atoms with Gasteiger partial charge in [-0.25, -0.2) is 0 Å². The number of amides is 3. The van der Waals surface area contributed by atoms with E-state index in [0.29, 0.717) is 37.5 Å². The molecule has 2 aliphatic heterocycles. The van der Waals surface area contributed by atoms with Crippen molar-refractivity contribution in [3.63, 3.8) is 0 Å². The van der Waals surface area contributed by atoms with Crippen molar-refractivity contribution in [1.29, 1.82) is 0 Å². The van der Waals surface area contributed by atoms with Crippen LogP contribution in [0.3, 0.4) is 0 Å². The van der Waals surface area contributed by atoms with Gasteiger partial charge in [-0.3, -0.25) is 19.4 Å². The fourth-order valence-corrected chi connectivity index (χ4v) is 5.83. The maximum absolute atomic E-state index is 13.6. The van der Waals surface area contributed by atoms with E-state index < -0.39 is 30.1 Å². The fourth-order valence-electron chi connectivity index (χ4n) is 5.83. The van der Waals surface area contributed by atoms with Gasteiger partial charge in [0.2, 0.25) is 17.7 Å². The van der Waals surface area contributed by atoms with Gasteiger partial charge in [0.25, 0.3) is 0 Å². The number of rotatable bonds is 10. The molecule has 2 saturated heterocycles. The van der Waals surface area contributed by atoms with Crippen molar-refractivity contribution in [2.45, 2.75) is 56.3 Å². The van der Waals surface area contributed by atoms with Crippen LogP contribution < -0.4 is 21.7 Å². The van der Waals surface area contributed by atoms with E-state index in [2.05, 4.69) is 20.9 Å². The lowest BCUT2D eigenvalue weighted by molar-refractivity contribution is -0.138. The van der Waals surface area contributed by atoms with Crippen molar-refractivity contribution in [3.05, 3.63) is 72.4 Å². The van der Waals surface area contributed by atoms with E-state index in [1.807, 2.05) is 60.7 Å². The Labute approximate surface area is 239 Å². The highest BCUT2D eigenvalue weighted by Crippen LogP contribution is 2.26. The first-order chi connectivity index (χ1) is 19.9. The average Bonchev–Trinajstić information content (AvgIpc) is 3.64. The molecule has 5 unspecified atom stereocenters. The Bertz CT molecular complexity index is 1370. The highest BCUT2D eigenvalue weighted by molar-refractivity contribution is 5.99. The second-order valence-corrected chi connectivity index (χ2v) is 11.0. The number of carbonyl (C=O) groups is 3. The Morgan fingerprint density at radius 3 is 2.68 bits per heavy atom. The molecule has 0 spiro atoms. The van der Waals surface area contributed by atoms with Crippen LogP contribution >= 0.6 is 0 Å². The van der Waals surface area contributed by atoms with Gasteiger partial charge in [-0.1, -0.05) is 48.5 Å². The van der Waals surface area contributed by atoms with Crippen LogP contribution in [0.15, 0.2) is 66.9 Å². The van der Waals surface area contributed by atoms with E-state index in [0.717, 1.165) is 22.9 Å². The SMILES string of the molecule is NCCC1CNC(C(=O)N2CC(NC(=O)C(O)CCc3ccccc3)CC2C(=O)Nc2cnc3ccccc3c2)C1. The minimum absolute atomic E-state index is 0.164. The third-order valence-corrected chi connectivity index (χ3v) is 8.04. The Morgan fingerprint density at radius 2 is 1.88 bits per heavy atom. The Hall–Kier alpha value is -3.86. The molecule has 5 rings (SSSR count). The van der Waals surface area contributed by atoms with E-state index in [-0.39, 0.29) is 31.2 Å². The summed E-state index contributed by atoms with van der Waals surface area (Å²) in [6.07, 6.45) is 2.98. The molecular weight excluding hydrogens is 520 g/mol. The molecule has 216 valence electrons. The summed E-state index contributed by atoms with van der Waals surface area (Å²) in [5.41, 5.74) is 8.11. The third kappa shape index (κ3) is 7.08. The van der Waals surface area contributed by atoms with Crippen LogP contribution in [-0.2, 0) is 20.8 Å². The topological polar surface area (TPSA) is 150 Å². The van der Waals surface area contributed by atoms with Gasteiger partial charge in [0.05, 0.1) is 23.4 Å². The van der Waals surface area contributed by atoms with Crippen molar-refractivity contribution in [2.24, 2.45) is 11.7 Å². The molecule has 1 aromatic heterocycles. The standard InChI is InChI=1S/C31H38N6O4/c32-13-12-21-14-26(33-17-21)31(41)37-19-24(36-30(40)28(38)11-10-20-6-2-1-3-7-20)16-27(37)29(39)35-23-15-22-8-4-5-9-25(22)34-18-23/h1-9,15,18,21,24,26-28,33,38H,10-14,16-17,19,32H2,(H,35,39)(H,36,40). The molecule has 10 heteroatoms. The normalized spacial score (nSPS) is 22.9. The maximum atomic E-state index is 13.6.